The smallest absolute Gasteiger partial charge is 0.327 e. The molecule has 0 saturated carbocycles. The summed E-state index contributed by atoms with van der Waals surface area (Å²) in [6.45, 7) is 6.34. The molecule has 1 saturated heterocycles. The number of hydrogen-bond acceptors (Lipinski definition) is 3. The third kappa shape index (κ3) is 3.80. The molecule has 2 amide bonds. The van der Waals surface area contributed by atoms with Crippen molar-refractivity contribution in [1.82, 2.24) is 10.2 Å². The Bertz CT molecular complexity index is 307. The van der Waals surface area contributed by atoms with Gasteiger partial charge in [-0.15, -0.1) is 0 Å². The number of carbonyl (C=O) groups is 2. The van der Waals surface area contributed by atoms with E-state index in [1.54, 1.807) is 11.8 Å². The average Bonchev–Trinajstić information content (AvgIpc) is 2.28. The highest BCUT2D eigenvalue weighted by atomic mass is 32.2. The fourth-order valence-corrected chi connectivity index (χ4v) is 2.54. The number of carboxylic acids is 1. The van der Waals surface area contributed by atoms with Gasteiger partial charge in [-0.3, -0.25) is 0 Å². The largest absolute Gasteiger partial charge is 0.480 e. The molecule has 0 spiro atoms. The molecule has 6 heteroatoms. The van der Waals surface area contributed by atoms with Gasteiger partial charge in [0.25, 0.3) is 0 Å². The number of carbonyl (C=O) groups excluding carboxylic acids is 1. The number of rotatable bonds is 3. The highest BCUT2D eigenvalue weighted by molar-refractivity contribution is 7.99. The van der Waals surface area contributed by atoms with Gasteiger partial charge in [0.1, 0.15) is 6.04 Å². The Labute approximate surface area is 106 Å². The normalized spacial score (nSPS) is 21.1. The van der Waals surface area contributed by atoms with Crippen LogP contribution in [-0.4, -0.2) is 51.6 Å². The van der Waals surface area contributed by atoms with Gasteiger partial charge in [-0.1, -0.05) is 6.92 Å². The van der Waals surface area contributed by atoms with Crippen molar-refractivity contribution < 1.29 is 14.7 Å². The van der Waals surface area contributed by atoms with E-state index < -0.39 is 12.0 Å². The highest BCUT2D eigenvalue weighted by Gasteiger charge is 2.34. The van der Waals surface area contributed by atoms with E-state index in [0.717, 1.165) is 12.2 Å². The van der Waals surface area contributed by atoms with Crippen molar-refractivity contribution >= 4 is 23.8 Å². The van der Waals surface area contributed by atoms with Gasteiger partial charge in [-0.25, -0.2) is 9.59 Å². The van der Waals surface area contributed by atoms with Crippen LogP contribution in [0.1, 0.15) is 27.2 Å². The third-order valence-electron chi connectivity index (χ3n) is 3.00. The molecular formula is C11H20N2O3S. The van der Waals surface area contributed by atoms with Crippen molar-refractivity contribution in [2.45, 2.75) is 38.8 Å². The number of amides is 2. The zero-order valence-electron chi connectivity index (χ0n) is 10.5. The summed E-state index contributed by atoms with van der Waals surface area (Å²) in [5.74, 6) is 0.334. The van der Waals surface area contributed by atoms with E-state index in [1.165, 1.54) is 4.90 Å². The van der Waals surface area contributed by atoms with Gasteiger partial charge >= 0.3 is 12.0 Å². The van der Waals surface area contributed by atoms with Crippen LogP contribution in [0.25, 0.3) is 0 Å². The summed E-state index contributed by atoms with van der Waals surface area (Å²) in [4.78, 5) is 24.5. The van der Waals surface area contributed by atoms with Crippen molar-refractivity contribution in [3.63, 3.8) is 0 Å². The van der Waals surface area contributed by atoms with Gasteiger partial charge in [0.05, 0.1) is 0 Å². The number of carboxylic acid groups (broad SMARTS) is 1. The minimum absolute atomic E-state index is 0.274. The molecule has 0 aromatic heterocycles. The predicted octanol–water partition coefficient (Wildman–Crippen LogP) is 1.39. The molecule has 1 fully saturated rings. The maximum absolute atomic E-state index is 12.0. The van der Waals surface area contributed by atoms with Crippen molar-refractivity contribution in [2.24, 2.45) is 0 Å². The fourth-order valence-electron chi connectivity index (χ4n) is 1.50. The fraction of sp³-hybridized carbons (Fsp3) is 0.818. The molecule has 0 aliphatic carbocycles. The minimum Gasteiger partial charge on any atom is -0.480 e. The molecule has 1 unspecified atom stereocenters. The zero-order valence-corrected chi connectivity index (χ0v) is 11.3. The summed E-state index contributed by atoms with van der Waals surface area (Å²) < 4.78 is 0. The van der Waals surface area contributed by atoms with E-state index in [4.69, 9.17) is 5.11 Å². The molecule has 1 heterocycles. The van der Waals surface area contributed by atoms with Crippen LogP contribution in [0, 0.1) is 0 Å². The number of thioether (sulfide) groups is 1. The maximum Gasteiger partial charge on any atom is 0.327 e. The Morgan fingerprint density at radius 3 is 2.71 bits per heavy atom. The van der Waals surface area contributed by atoms with Crippen molar-refractivity contribution in [3.8, 4) is 0 Å². The monoisotopic (exact) mass is 260 g/mol. The second kappa shape index (κ2) is 5.62. The Morgan fingerprint density at radius 2 is 2.18 bits per heavy atom. The van der Waals surface area contributed by atoms with E-state index in [0.29, 0.717) is 12.3 Å². The number of aliphatic carboxylic acids is 1. The third-order valence-corrected chi connectivity index (χ3v) is 4.03. The van der Waals surface area contributed by atoms with Crippen LogP contribution in [0.2, 0.25) is 0 Å². The molecule has 98 valence electrons. The second-order valence-corrected chi connectivity index (χ2v) is 5.94. The van der Waals surface area contributed by atoms with Crippen molar-refractivity contribution in [3.05, 3.63) is 0 Å². The van der Waals surface area contributed by atoms with Crippen LogP contribution < -0.4 is 5.32 Å². The van der Waals surface area contributed by atoms with Gasteiger partial charge in [0, 0.05) is 23.6 Å². The van der Waals surface area contributed by atoms with E-state index in [2.05, 4.69) is 5.32 Å². The van der Waals surface area contributed by atoms with Crippen LogP contribution in [-0.2, 0) is 4.79 Å². The van der Waals surface area contributed by atoms with Gasteiger partial charge in [0.2, 0.25) is 0 Å². The summed E-state index contributed by atoms with van der Waals surface area (Å²) in [5.41, 5.74) is -0.301. The standard InChI is InChI=1S/C11H20N2O3S/c1-4-11(2,3)12-10(16)13-5-6-17-7-8(13)9(14)15/h8H,4-7H2,1-3H3,(H,12,16)(H,14,15). The summed E-state index contributed by atoms with van der Waals surface area (Å²) >= 11 is 1.57. The van der Waals surface area contributed by atoms with E-state index in [1.807, 2.05) is 20.8 Å². The lowest BCUT2D eigenvalue weighted by molar-refractivity contribution is -0.141. The lowest BCUT2D eigenvalue weighted by Gasteiger charge is -2.35. The van der Waals surface area contributed by atoms with Crippen LogP contribution in [0.4, 0.5) is 4.79 Å². The molecule has 5 nitrogen and oxygen atoms in total. The van der Waals surface area contributed by atoms with Gasteiger partial charge in [-0.05, 0) is 20.3 Å². The summed E-state index contributed by atoms with van der Waals surface area (Å²) in [5, 5.41) is 12.0. The zero-order chi connectivity index (χ0) is 13.1. The molecule has 0 bridgehead atoms. The number of nitrogens with one attached hydrogen (secondary N) is 1. The molecule has 0 radical (unpaired) electrons. The van der Waals surface area contributed by atoms with Crippen LogP contribution in [0.3, 0.4) is 0 Å². The SMILES string of the molecule is CCC(C)(C)NC(=O)N1CCSCC1C(=O)O. The van der Waals surface area contributed by atoms with Crippen LogP contribution >= 0.6 is 11.8 Å². The maximum atomic E-state index is 12.0. The first-order valence-electron chi connectivity index (χ1n) is 5.76. The number of hydrogen-bond donors (Lipinski definition) is 2. The molecule has 1 aliphatic heterocycles. The molecule has 0 aromatic carbocycles. The topological polar surface area (TPSA) is 69.6 Å². The first-order valence-corrected chi connectivity index (χ1v) is 6.92. The lowest BCUT2D eigenvalue weighted by atomic mass is 10.0. The molecule has 1 atom stereocenters. The summed E-state index contributed by atoms with van der Waals surface area (Å²) in [6.07, 6.45) is 0.805. The molecule has 1 aliphatic rings. The number of urea groups is 1. The van der Waals surface area contributed by atoms with Crippen molar-refractivity contribution in [1.29, 1.82) is 0 Å². The Morgan fingerprint density at radius 1 is 1.53 bits per heavy atom. The Balaban J connectivity index is 2.69. The number of nitrogens with zero attached hydrogens (tertiary/aromatic N) is 1. The predicted molar refractivity (Wildman–Crippen MR) is 68.4 cm³/mol. The first kappa shape index (κ1) is 14.2. The van der Waals surface area contributed by atoms with E-state index >= 15 is 0 Å². The molecule has 2 N–H and O–H groups in total. The second-order valence-electron chi connectivity index (χ2n) is 4.79. The molecule has 1 rings (SSSR count). The van der Waals surface area contributed by atoms with Gasteiger partial charge < -0.3 is 15.3 Å². The molecule has 17 heavy (non-hydrogen) atoms. The average molecular weight is 260 g/mol. The summed E-state index contributed by atoms with van der Waals surface area (Å²) in [7, 11) is 0. The lowest BCUT2D eigenvalue weighted by Crippen LogP contribution is -2.57. The Kier molecular flexibility index (Phi) is 4.68. The first-order chi connectivity index (χ1) is 7.87. The van der Waals surface area contributed by atoms with Gasteiger partial charge in [-0.2, -0.15) is 11.8 Å². The van der Waals surface area contributed by atoms with Crippen LogP contribution in [0.15, 0.2) is 0 Å². The van der Waals surface area contributed by atoms with Crippen LogP contribution in [0.5, 0.6) is 0 Å². The van der Waals surface area contributed by atoms with E-state index in [9.17, 15) is 9.59 Å². The quantitative estimate of drug-likeness (QED) is 0.804. The summed E-state index contributed by atoms with van der Waals surface area (Å²) in [6, 6.07) is -0.981. The van der Waals surface area contributed by atoms with Crippen molar-refractivity contribution in [2.75, 3.05) is 18.1 Å². The minimum atomic E-state index is -0.929. The Hall–Kier alpha value is -0.910. The van der Waals surface area contributed by atoms with E-state index in [-0.39, 0.29) is 11.6 Å². The highest BCUT2D eigenvalue weighted by Crippen LogP contribution is 2.18. The molecule has 0 aromatic rings. The van der Waals surface area contributed by atoms with Gasteiger partial charge in [0.15, 0.2) is 0 Å². The molecular weight excluding hydrogens is 240 g/mol.